The molecular formula is C19H38. The van der Waals surface area contributed by atoms with Crippen LogP contribution < -0.4 is 0 Å². The largest absolute Gasteiger partial charge is 0.0654 e. The molecule has 1 saturated carbocycles. The van der Waals surface area contributed by atoms with E-state index in [-0.39, 0.29) is 0 Å². The van der Waals surface area contributed by atoms with Crippen molar-refractivity contribution in [1.82, 2.24) is 0 Å². The van der Waals surface area contributed by atoms with Crippen LogP contribution in [0.2, 0.25) is 0 Å². The summed E-state index contributed by atoms with van der Waals surface area (Å²) >= 11 is 0. The first-order valence-electron chi connectivity index (χ1n) is 8.99. The SMILES string of the molecule is CCCC(C)CC(CC)C(C)C1CCC(C(C)C)C1. The highest BCUT2D eigenvalue weighted by atomic mass is 14.4. The van der Waals surface area contributed by atoms with Gasteiger partial charge in [0, 0.05) is 0 Å². The monoisotopic (exact) mass is 266 g/mol. The summed E-state index contributed by atoms with van der Waals surface area (Å²) in [5.41, 5.74) is 0. The molecule has 0 aliphatic heterocycles. The lowest BCUT2D eigenvalue weighted by Gasteiger charge is -2.30. The Labute approximate surface area is 122 Å². The highest BCUT2D eigenvalue weighted by Crippen LogP contribution is 2.43. The zero-order valence-electron chi connectivity index (χ0n) is 14.4. The molecule has 0 bridgehead atoms. The van der Waals surface area contributed by atoms with Gasteiger partial charge in [-0.05, 0) is 61.2 Å². The lowest BCUT2D eigenvalue weighted by Crippen LogP contribution is -2.21. The molecule has 1 fully saturated rings. The molecule has 0 saturated heterocycles. The molecule has 1 rings (SSSR count). The van der Waals surface area contributed by atoms with Crippen LogP contribution in [0.4, 0.5) is 0 Å². The summed E-state index contributed by atoms with van der Waals surface area (Å²) in [5.74, 6) is 5.78. The smallest absolute Gasteiger partial charge is 0.0383 e. The predicted molar refractivity (Wildman–Crippen MR) is 87.3 cm³/mol. The van der Waals surface area contributed by atoms with Gasteiger partial charge >= 0.3 is 0 Å². The van der Waals surface area contributed by atoms with Crippen LogP contribution in [0.1, 0.15) is 86.5 Å². The van der Waals surface area contributed by atoms with Gasteiger partial charge in [0.05, 0.1) is 0 Å². The van der Waals surface area contributed by atoms with Gasteiger partial charge in [-0.3, -0.25) is 0 Å². The minimum Gasteiger partial charge on any atom is -0.0654 e. The fourth-order valence-corrected chi connectivity index (χ4v) is 4.40. The second-order valence-corrected chi connectivity index (χ2v) is 7.73. The Bertz CT molecular complexity index is 230. The van der Waals surface area contributed by atoms with Crippen LogP contribution in [0.15, 0.2) is 0 Å². The van der Waals surface area contributed by atoms with Crippen molar-refractivity contribution >= 4 is 0 Å². The average Bonchev–Trinajstić information content (AvgIpc) is 2.85. The van der Waals surface area contributed by atoms with Crippen molar-refractivity contribution < 1.29 is 0 Å². The molecule has 0 heteroatoms. The third-order valence-corrected chi connectivity index (χ3v) is 5.95. The number of hydrogen-bond acceptors (Lipinski definition) is 0. The Kier molecular flexibility index (Phi) is 7.47. The van der Waals surface area contributed by atoms with Crippen molar-refractivity contribution in [3.63, 3.8) is 0 Å². The van der Waals surface area contributed by atoms with E-state index in [1.54, 1.807) is 0 Å². The minimum atomic E-state index is 0.899. The van der Waals surface area contributed by atoms with Gasteiger partial charge in [-0.2, -0.15) is 0 Å². The number of rotatable bonds is 8. The fraction of sp³-hybridized carbons (Fsp3) is 1.00. The summed E-state index contributed by atoms with van der Waals surface area (Å²) in [6, 6.07) is 0. The van der Waals surface area contributed by atoms with E-state index >= 15 is 0 Å². The van der Waals surface area contributed by atoms with Crippen LogP contribution in [0.3, 0.4) is 0 Å². The average molecular weight is 267 g/mol. The molecule has 0 N–H and O–H groups in total. The van der Waals surface area contributed by atoms with E-state index in [1.807, 2.05) is 0 Å². The summed E-state index contributed by atoms with van der Waals surface area (Å²) < 4.78 is 0. The molecule has 0 aromatic rings. The highest BCUT2D eigenvalue weighted by molar-refractivity contribution is 4.83. The molecule has 0 radical (unpaired) electrons. The van der Waals surface area contributed by atoms with E-state index < -0.39 is 0 Å². The molecule has 0 aromatic carbocycles. The zero-order chi connectivity index (χ0) is 14.4. The van der Waals surface area contributed by atoms with Gasteiger partial charge in [0.2, 0.25) is 0 Å². The van der Waals surface area contributed by atoms with E-state index in [0.717, 1.165) is 35.5 Å². The Balaban J connectivity index is 2.47. The topological polar surface area (TPSA) is 0 Å². The van der Waals surface area contributed by atoms with Crippen LogP contribution >= 0.6 is 0 Å². The maximum absolute atomic E-state index is 2.56. The van der Waals surface area contributed by atoms with Gasteiger partial charge in [-0.25, -0.2) is 0 Å². The second kappa shape index (κ2) is 8.32. The molecule has 0 heterocycles. The van der Waals surface area contributed by atoms with E-state index in [1.165, 1.54) is 44.9 Å². The van der Waals surface area contributed by atoms with E-state index in [0.29, 0.717) is 0 Å². The van der Waals surface area contributed by atoms with Crippen LogP contribution in [-0.4, -0.2) is 0 Å². The minimum absolute atomic E-state index is 0.899. The summed E-state index contributed by atoms with van der Waals surface area (Å²) in [6.07, 6.45) is 10.1. The summed E-state index contributed by atoms with van der Waals surface area (Å²) in [4.78, 5) is 0. The van der Waals surface area contributed by atoms with Crippen molar-refractivity contribution in [3.05, 3.63) is 0 Å². The van der Waals surface area contributed by atoms with E-state index in [2.05, 4.69) is 41.5 Å². The maximum atomic E-state index is 2.56. The molecule has 5 atom stereocenters. The van der Waals surface area contributed by atoms with Crippen LogP contribution in [0.5, 0.6) is 0 Å². The Morgan fingerprint density at radius 2 is 1.58 bits per heavy atom. The lowest BCUT2D eigenvalue weighted by molar-refractivity contribution is 0.198. The standard InChI is InChI=1S/C19H38/c1-7-9-15(5)12-17(8-2)16(6)19-11-10-18(13-19)14(3)4/h14-19H,7-13H2,1-6H3. The first-order valence-corrected chi connectivity index (χ1v) is 8.99. The van der Waals surface area contributed by atoms with Gasteiger partial charge in [0.15, 0.2) is 0 Å². The van der Waals surface area contributed by atoms with Crippen LogP contribution in [-0.2, 0) is 0 Å². The van der Waals surface area contributed by atoms with Crippen molar-refractivity contribution in [3.8, 4) is 0 Å². The summed E-state index contributed by atoms with van der Waals surface area (Å²) in [7, 11) is 0. The zero-order valence-corrected chi connectivity index (χ0v) is 14.4. The Hall–Kier alpha value is 0. The Morgan fingerprint density at radius 1 is 0.947 bits per heavy atom. The molecule has 1 aliphatic carbocycles. The maximum Gasteiger partial charge on any atom is -0.0383 e. The van der Waals surface area contributed by atoms with Gasteiger partial charge in [-0.15, -0.1) is 0 Å². The molecule has 0 aromatic heterocycles. The first kappa shape index (κ1) is 17.1. The molecule has 114 valence electrons. The highest BCUT2D eigenvalue weighted by Gasteiger charge is 2.33. The molecule has 0 nitrogen and oxygen atoms in total. The van der Waals surface area contributed by atoms with Crippen molar-refractivity contribution in [2.45, 2.75) is 86.5 Å². The van der Waals surface area contributed by atoms with E-state index in [9.17, 15) is 0 Å². The van der Waals surface area contributed by atoms with Gasteiger partial charge in [0.1, 0.15) is 0 Å². The predicted octanol–water partition coefficient (Wildman–Crippen LogP) is 6.55. The van der Waals surface area contributed by atoms with Gasteiger partial charge in [-0.1, -0.05) is 60.8 Å². The first-order chi connectivity index (χ1) is 8.99. The summed E-state index contributed by atoms with van der Waals surface area (Å²) in [6.45, 7) is 14.6. The van der Waals surface area contributed by atoms with Gasteiger partial charge < -0.3 is 0 Å². The molecule has 0 amide bonds. The van der Waals surface area contributed by atoms with Crippen molar-refractivity contribution in [2.24, 2.45) is 35.5 Å². The molecule has 0 spiro atoms. The van der Waals surface area contributed by atoms with Gasteiger partial charge in [0.25, 0.3) is 0 Å². The van der Waals surface area contributed by atoms with Crippen LogP contribution in [0, 0.1) is 35.5 Å². The normalized spacial score (nSPS) is 28.6. The molecule has 19 heavy (non-hydrogen) atoms. The third-order valence-electron chi connectivity index (χ3n) is 5.95. The fourth-order valence-electron chi connectivity index (χ4n) is 4.40. The van der Waals surface area contributed by atoms with E-state index in [4.69, 9.17) is 0 Å². The quantitative estimate of drug-likeness (QED) is 0.467. The molecular weight excluding hydrogens is 228 g/mol. The third kappa shape index (κ3) is 5.12. The van der Waals surface area contributed by atoms with Crippen molar-refractivity contribution in [2.75, 3.05) is 0 Å². The van der Waals surface area contributed by atoms with Crippen LogP contribution in [0.25, 0.3) is 0 Å². The summed E-state index contributed by atoms with van der Waals surface area (Å²) in [5, 5.41) is 0. The second-order valence-electron chi connectivity index (χ2n) is 7.73. The van der Waals surface area contributed by atoms with Crippen molar-refractivity contribution in [1.29, 1.82) is 0 Å². The number of hydrogen-bond donors (Lipinski definition) is 0. The Morgan fingerprint density at radius 3 is 2.05 bits per heavy atom. The lowest BCUT2D eigenvalue weighted by atomic mass is 9.75. The molecule has 1 aliphatic rings. The molecule has 5 unspecified atom stereocenters.